The number of likely N-dealkylation sites (tertiary alicyclic amines) is 1. The van der Waals surface area contributed by atoms with E-state index in [0.29, 0.717) is 35.8 Å². The molecule has 0 aliphatic carbocycles. The van der Waals surface area contributed by atoms with Crippen LogP contribution >= 0.6 is 11.3 Å². The summed E-state index contributed by atoms with van der Waals surface area (Å²) in [6, 6.07) is 7.33. The number of rotatable bonds is 10. The Morgan fingerprint density at radius 1 is 0.972 bits per heavy atom. The van der Waals surface area contributed by atoms with Crippen molar-refractivity contribution in [3.8, 4) is 11.4 Å². The molecule has 2 amide bonds. The number of unbranched alkanes of at least 4 members (excludes halogenated alkanes) is 4. The molecule has 0 spiro atoms. The highest BCUT2D eigenvalue weighted by molar-refractivity contribution is 7.09. The number of fused-ring (bicyclic) bond motifs is 2. The monoisotopic (exact) mass is 505 g/mol. The Morgan fingerprint density at radius 3 is 2.64 bits per heavy atom. The fraction of sp³-hybridized carbons (Fsp3) is 0.407. The van der Waals surface area contributed by atoms with Crippen LogP contribution in [0.5, 0.6) is 0 Å². The highest BCUT2D eigenvalue weighted by Gasteiger charge is 2.17. The summed E-state index contributed by atoms with van der Waals surface area (Å²) >= 11 is 1.49. The number of aromatic nitrogens is 3. The zero-order valence-electron chi connectivity index (χ0n) is 20.3. The van der Waals surface area contributed by atoms with E-state index in [2.05, 4.69) is 20.3 Å². The number of nitrogens with zero attached hydrogens (tertiary/aromatic N) is 2. The summed E-state index contributed by atoms with van der Waals surface area (Å²) < 4.78 is 0. The Kier molecular flexibility index (Phi) is 7.46. The Hall–Kier alpha value is -3.46. The first kappa shape index (κ1) is 24.2. The van der Waals surface area contributed by atoms with E-state index >= 15 is 0 Å². The molecule has 8 nitrogen and oxygen atoms in total. The third-order valence-corrected chi connectivity index (χ3v) is 7.52. The van der Waals surface area contributed by atoms with Gasteiger partial charge in [-0.25, -0.2) is 4.98 Å². The lowest BCUT2D eigenvalue weighted by Gasteiger charge is -2.14. The molecule has 4 aromatic rings. The van der Waals surface area contributed by atoms with E-state index in [4.69, 9.17) is 0 Å². The molecule has 1 fully saturated rings. The molecule has 1 aliphatic heterocycles. The molecular formula is C27H31N5O3S. The van der Waals surface area contributed by atoms with Crippen molar-refractivity contribution < 1.29 is 9.59 Å². The number of benzene rings is 1. The predicted molar refractivity (Wildman–Crippen MR) is 143 cm³/mol. The van der Waals surface area contributed by atoms with Gasteiger partial charge >= 0.3 is 0 Å². The minimum atomic E-state index is -0.247. The van der Waals surface area contributed by atoms with Crippen LogP contribution in [-0.2, 0) is 4.79 Å². The Balaban J connectivity index is 1.08. The first-order chi connectivity index (χ1) is 17.6. The summed E-state index contributed by atoms with van der Waals surface area (Å²) in [4.78, 5) is 49.8. The lowest BCUT2D eigenvalue weighted by atomic mass is 10.1. The predicted octanol–water partition coefficient (Wildman–Crippen LogP) is 4.83. The second-order valence-electron chi connectivity index (χ2n) is 9.43. The maximum Gasteiger partial charge on any atom is 0.276 e. The minimum Gasteiger partial charge on any atom is -0.353 e. The van der Waals surface area contributed by atoms with E-state index < -0.39 is 0 Å². The van der Waals surface area contributed by atoms with Gasteiger partial charge in [-0.15, -0.1) is 11.3 Å². The molecule has 0 atom stereocenters. The summed E-state index contributed by atoms with van der Waals surface area (Å²) in [6.45, 7) is 2.49. The number of hydrogen-bond acceptors (Lipinski definition) is 5. The van der Waals surface area contributed by atoms with Crippen LogP contribution in [0.3, 0.4) is 0 Å². The molecule has 3 N–H and O–H groups in total. The van der Waals surface area contributed by atoms with Gasteiger partial charge in [-0.3, -0.25) is 14.4 Å². The molecule has 0 unspecified atom stereocenters. The van der Waals surface area contributed by atoms with Gasteiger partial charge in [-0.1, -0.05) is 19.3 Å². The van der Waals surface area contributed by atoms with Gasteiger partial charge < -0.3 is 20.2 Å². The fourth-order valence-electron chi connectivity index (χ4n) is 4.77. The van der Waals surface area contributed by atoms with E-state index in [1.54, 1.807) is 6.07 Å². The molecule has 36 heavy (non-hydrogen) atoms. The topological polar surface area (TPSA) is 111 Å². The van der Waals surface area contributed by atoms with Gasteiger partial charge in [0.2, 0.25) is 5.91 Å². The third-order valence-electron chi connectivity index (χ3n) is 6.79. The van der Waals surface area contributed by atoms with E-state index in [9.17, 15) is 14.4 Å². The van der Waals surface area contributed by atoms with Gasteiger partial charge in [0, 0.05) is 53.3 Å². The van der Waals surface area contributed by atoms with Crippen molar-refractivity contribution in [1.82, 2.24) is 25.2 Å². The molecule has 0 saturated carbocycles. The van der Waals surface area contributed by atoms with Gasteiger partial charge in [0.25, 0.3) is 11.5 Å². The van der Waals surface area contributed by atoms with Crippen LogP contribution in [0, 0.1) is 0 Å². The number of nitrogens with one attached hydrogen (secondary N) is 3. The standard InChI is InChI=1S/C27H31N5O3S/c33-24(32-12-6-7-13-32)8-4-2-1-3-5-11-28-26(34)18-9-10-20-19(14-18)15-21(29-20)25-27(35)31-23-17-36-16-22(23)30-25/h9-10,14-17,29H,1-8,11-13H2,(H,28,34)(H,31,35). The Labute approximate surface area is 213 Å². The molecule has 1 aliphatic rings. The van der Waals surface area contributed by atoms with Crippen molar-refractivity contribution in [1.29, 1.82) is 0 Å². The molecule has 5 rings (SSSR count). The Bertz CT molecular complexity index is 1430. The lowest BCUT2D eigenvalue weighted by Crippen LogP contribution is -2.27. The lowest BCUT2D eigenvalue weighted by molar-refractivity contribution is -0.130. The summed E-state index contributed by atoms with van der Waals surface area (Å²) in [6.07, 6.45) is 7.97. The van der Waals surface area contributed by atoms with Gasteiger partial charge in [0.05, 0.1) is 16.7 Å². The van der Waals surface area contributed by atoms with Crippen molar-refractivity contribution in [2.75, 3.05) is 19.6 Å². The average Bonchev–Trinajstić information content (AvgIpc) is 3.64. The van der Waals surface area contributed by atoms with E-state index in [1.807, 2.05) is 33.9 Å². The highest BCUT2D eigenvalue weighted by Crippen LogP contribution is 2.24. The van der Waals surface area contributed by atoms with Crippen molar-refractivity contribution in [2.24, 2.45) is 0 Å². The van der Waals surface area contributed by atoms with Crippen LogP contribution in [0.4, 0.5) is 0 Å². The number of carbonyl (C=O) groups is 2. The number of H-pyrrole nitrogens is 2. The number of carbonyl (C=O) groups excluding carboxylic acids is 2. The Morgan fingerprint density at radius 2 is 1.78 bits per heavy atom. The molecule has 1 aromatic carbocycles. The largest absolute Gasteiger partial charge is 0.353 e. The van der Waals surface area contributed by atoms with Crippen LogP contribution in [0.1, 0.15) is 61.7 Å². The quantitative estimate of drug-likeness (QED) is 0.268. The molecule has 4 heterocycles. The second-order valence-corrected chi connectivity index (χ2v) is 10.2. The van der Waals surface area contributed by atoms with Crippen LogP contribution < -0.4 is 10.9 Å². The van der Waals surface area contributed by atoms with Crippen LogP contribution in [-0.4, -0.2) is 51.3 Å². The number of hydrogen-bond donors (Lipinski definition) is 3. The summed E-state index contributed by atoms with van der Waals surface area (Å²) in [7, 11) is 0. The van der Waals surface area contributed by atoms with Gasteiger partial charge in [-0.2, -0.15) is 0 Å². The van der Waals surface area contributed by atoms with Crippen molar-refractivity contribution in [3.05, 3.63) is 50.9 Å². The molecule has 0 radical (unpaired) electrons. The van der Waals surface area contributed by atoms with Crippen molar-refractivity contribution in [2.45, 2.75) is 51.4 Å². The van der Waals surface area contributed by atoms with Crippen LogP contribution in [0.15, 0.2) is 39.8 Å². The first-order valence-corrected chi connectivity index (χ1v) is 13.7. The normalized spacial score (nSPS) is 13.6. The van der Waals surface area contributed by atoms with Crippen LogP contribution in [0.25, 0.3) is 33.3 Å². The zero-order valence-corrected chi connectivity index (χ0v) is 21.1. The van der Waals surface area contributed by atoms with E-state index in [0.717, 1.165) is 80.0 Å². The van der Waals surface area contributed by atoms with Crippen LogP contribution in [0.2, 0.25) is 0 Å². The molecule has 0 bridgehead atoms. The number of amides is 2. The van der Waals surface area contributed by atoms with Gasteiger partial charge in [0.1, 0.15) is 0 Å². The smallest absolute Gasteiger partial charge is 0.276 e. The van der Waals surface area contributed by atoms with Crippen molar-refractivity contribution >= 4 is 45.1 Å². The SMILES string of the molecule is O=C(NCCCCCCCC(=O)N1CCCC1)c1ccc2[nH]c(-c3nc4cscc4[nH]c3=O)cc2c1. The molecule has 1 saturated heterocycles. The number of thiophene rings is 1. The molecule has 3 aromatic heterocycles. The zero-order chi connectivity index (χ0) is 24.9. The van der Waals surface area contributed by atoms with E-state index in [-0.39, 0.29) is 11.5 Å². The second kappa shape index (κ2) is 11.1. The molecule has 9 heteroatoms. The fourth-order valence-corrected chi connectivity index (χ4v) is 5.46. The summed E-state index contributed by atoms with van der Waals surface area (Å²) in [5.74, 6) is 0.199. The highest BCUT2D eigenvalue weighted by atomic mass is 32.1. The maximum atomic E-state index is 12.6. The molecular weight excluding hydrogens is 474 g/mol. The van der Waals surface area contributed by atoms with Crippen molar-refractivity contribution in [3.63, 3.8) is 0 Å². The third kappa shape index (κ3) is 5.51. The van der Waals surface area contributed by atoms with Gasteiger partial charge in [-0.05, 0) is 49.9 Å². The maximum absolute atomic E-state index is 12.6. The van der Waals surface area contributed by atoms with Gasteiger partial charge in [0.15, 0.2) is 5.69 Å². The first-order valence-electron chi connectivity index (χ1n) is 12.7. The average molecular weight is 506 g/mol. The summed E-state index contributed by atoms with van der Waals surface area (Å²) in [5, 5.41) is 7.62. The number of aromatic amines is 2. The summed E-state index contributed by atoms with van der Waals surface area (Å²) in [5.41, 5.74) is 3.63. The minimum absolute atomic E-state index is 0.105. The van der Waals surface area contributed by atoms with E-state index in [1.165, 1.54) is 11.3 Å². The molecule has 188 valence electrons.